The third kappa shape index (κ3) is 2.77. The van der Waals surface area contributed by atoms with Gasteiger partial charge in [0, 0.05) is 25.0 Å². The second-order valence-corrected chi connectivity index (χ2v) is 5.24. The molecule has 1 unspecified atom stereocenters. The van der Waals surface area contributed by atoms with E-state index in [0.29, 0.717) is 5.82 Å². The highest BCUT2D eigenvalue weighted by Gasteiger charge is 2.27. The number of rotatable bonds is 3. The molecule has 3 rings (SSSR count). The van der Waals surface area contributed by atoms with Gasteiger partial charge < -0.3 is 4.98 Å². The zero-order chi connectivity index (χ0) is 13.9. The van der Waals surface area contributed by atoms with Crippen LogP contribution in [-0.4, -0.2) is 26.4 Å². The highest BCUT2D eigenvalue weighted by Crippen LogP contribution is 2.31. The van der Waals surface area contributed by atoms with Gasteiger partial charge in [-0.3, -0.25) is 14.7 Å². The average molecular weight is 270 g/mol. The molecule has 0 radical (unpaired) electrons. The first kappa shape index (κ1) is 13.0. The summed E-state index contributed by atoms with van der Waals surface area (Å²) in [5.74, 6) is 0.684. The standard InChI is InChI=1S/C15H18N4O/c1-11-17-13(9-15(20)18-11)14-3-2-8-19(14)10-12-4-6-16-7-5-12/h4-7,9,14H,2-3,8,10H2,1H3,(H,17,18,20). The summed E-state index contributed by atoms with van der Waals surface area (Å²) in [5, 5.41) is 0. The minimum atomic E-state index is -0.0664. The van der Waals surface area contributed by atoms with Crippen molar-refractivity contribution in [3.05, 3.63) is 58.0 Å². The highest BCUT2D eigenvalue weighted by molar-refractivity contribution is 5.13. The minimum Gasteiger partial charge on any atom is -0.311 e. The number of aryl methyl sites for hydroxylation is 1. The van der Waals surface area contributed by atoms with Crippen LogP contribution in [0.4, 0.5) is 0 Å². The Morgan fingerprint density at radius 1 is 1.40 bits per heavy atom. The van der Waals surface area contributed by atoms with E-state index in [0.717, 1.165) is 31.6 Å². The Bertz CT molecular complexity index is 638. The van der Waals surface area contributed by atoms with Crippen LogP contribution in [0, 0.1) is 6.92 Å². The van der Waals surface area contributed by atoms with Crippen LogP contribution < -0.4 is 5.56 Å². The molecule has 2 aromatic heterocycles. The second kappa shape index (κ2) is 5.54. The van der Waals surface area contributed by atoms with Crippen LogP contribution in [0.1, 0.15) is 36.0 Å². The molecule has 0 amide bonds. The number of nitrogens with one attached hydrogen (secondary N) is 1. The molecule has 0 spiro atoms. The number of likely N-dealkylation sites (tertiary alicyclic amines) is 1. The Hall–Kier alpha value is -2.01. The number of pyridine rings is 1. The van der Waals surface area contributed by atoms with Crippen LogP contribution in [0.3, 0.4) is 0 Å². The molecule has 0 saturated carbocycles. The molecule has 5 heteroatoms. The maximum atomic E-state index is 11.6. The van der Waals surface area contributed by atoms with Crippen molar-refractivity contribution in [3.63, 3.8) is 0 Å². The van der Waals surface area contributed by atoms with Gasteiger partial charge in [-0.2, -0.15) is 0 Å². The molecule has 0 aromatic carbocycles. The van der Waals surface area contributed by atoms with Crippen LogP contribution >= 0.6 is 0 Å². The van der Waals surface area contributed by atoms with Crippen LogP contribution in [0.5, 0.6) is 0 Å². The van der Waals surface area contributed by atoms with Crippen molar-refractivity contribution >= 4 is 0 Å². The van der Waals surface area contributed by atoms with E-state index in [1.807, 2.05) is 31.5 Å². The number of H-pyrrole nitrogens is 1. The molecular weight excluding hydrogens is 252 g/mol. The zero-order valence-corrected chi connectivity index (χ0v) is 11.5. The summed E-state index contributed by atoms with van der Waals surface area (Å²) >= 11 is 0. The summed E-state index contributed by atoms with van der Waals surface area (Å²) in [5.41, 5.74) is 2.06. The fourth-order valence-electron chi connectivity index (χ4n) is 2.85. The van der Waals surface area contributed by atoms with Gasteiger partial charge in [0.1, 0.15) is 5.82 Å². The Kier molecular flexibility index (Phi) is 3.60. The summed E-state index contributed by atoms with van der Waals surface area (Å²) in [6.45, 7) is 3.74. The van der Waals surface area contributed by atoms with Crippen molar-refractivity contribution in [2.24, 2.45) is 0 Å². The van der Waals surface area contributed by atoms with Gasteiger partial charge in [-0.25, -0.2) is 4.98 Å². The van der Waals surface area contributed by atoms with E-state index in [1.165, 1.54) is 5.56 Å². The van der Waals surface area contributed by atoms with Crippen molar-refractivity contribution in [2.75, 3.05) is 6.54 Å². The summed E-state index contributed by atoms with van der Waals surface area (Å²) in [7, 11) is 0. The van der Waals surface area contributed by atoms with Gasteiger partial charge in [0.15, 0.2) is 0 Å². The van der Waals surface area contributed by atoms with Crippen molar-refractivity contribution < 1.29 is 0 Å². The first-order valence-corrected chi connectivity index (χ1v) is 6.93. The molecule has 20 heavy (non-hydrogen) atoms. The molecule has 1 fully saturated rings. The van der Waals surface area contributed by atoms with Gasteiger partial charge in [-0.15, -0.1) is 0 Å². The van der Waals surface area contributed by atoms with Crippen molar-refractivity contribution in [1.82, 2.24) is 19.9 Å². The Morgan fingerprint density at radius 2 is 2.20 bits per heavy atom. The van der Waals surface area contributed by atoms with Gasteiger partial charge in [0.25, 0.3) is 5.56 Å². The molecule has 5 nitrogen and oxygen atoms in total. The molecule has 2 aromatic rings. The van der Waals surface area contributed by atoms with E-state index in [4.69, 9.17) is 0 Å². The van der Waals surface area contributed by atoms with E-state index in [9.17, 15) is 4.79 Å². The Morgan fingerprint density at radius 3 is 2.95 bits per heavy atom. The van der Waals surface area contributed by atoms with Gasteiger partial charge in [0.2, 0.25) is 0 Å². The van der Waals surface area contributed by atoms with E-state index in [-0.39, 0.29) is 11.6 Å². The summed E-state index contributed by atoms with van der Waals surface area (Å²) in [6.07, 6.45) is 5.83. The number of aromatic amines is 1. The number of nitrogens with zero attached hydrogens (tertiary/aromatic N) is 3. The van der Waals surface area contributed by atoms with E-state index >= 15 is 0 Å². The van der Waals surface area contributed by atoms with E-state index < -0.39 is 0 Å². The maximum Gasteiger partial charge on any atom is 0.251 e. The molecule has 1 N–H and O–H groups in total. The minimum absolute atomic E-state index is 0.0664. The Balaban J connectivity index is 1.83. The number of aromatic nitrogens is 3. The van der Waals surface area contributed by atoms with Crippen LogP contribution in [0.2, 0.25) is 0 Å². The smallest absolute Gasteiger partial charge is 0.251 e. The molecule has 1 saturated heterocycles. The van der Waals surface area contributed by atoms with Gasteiger partial charge in [-0.1, -0.05) is 0 Å². The summed E-state index contributed by atoms with van der Waals surface area (Å²) in [4.78, 5) is 25.2. The van der Waals surface area contributed by atoms with Gasteiger partial charge in [-0.05, 0) is 44.0 Å². The van der Waals surface area contributed by atoms with E-state index in [2.05, 4.69) is 19.9 Å². The quantitative estimate of drug-likeness (QED) is 0.924. The van der Waals surface area contributed by atoms with Crippen molar-refractivity contribution in [3.8, 4) is 0 Å². The third-order valence-electron chi connectivity index (χ3n) is 3.72. The monoisotopic (exact) mass is 270 g/mol. The molecule has 1 aliphatic rings. The first-order valence-electron chi connectivity index (χ1n) is 6.93. The number of hydrogen-bond donors (Lipinski definition) is 1. The van der Waals surface area contributed by atoms with Crippen molar-refractivity contribution in [1.29, 1.82) is 0 Å². The lowest BCUT2D eigenvalue weighted by Gasteiger charge is -2.24. The zero-order valence-electron chi connectivity index (χ0n) is 11.5. The topological polar surface area (TPSA) is 61.9 Å². The Labute approximate surface area is 117 Å². The maximum absolute atomic E-state index is 11.6. The molecule has 0 bridgehead atoms. The lowest BCUT2D eigenvalue weighted by atomic mass is 10.1. The SMILES string of the molecule is Cc1nc(C2CCCN2Cc2ccncc2)cc(=O)[nH]1. The molecule has 3 heterocycles. The molecule has 104 valence electrons. The lowest BCUT2D eigenvalue weighted by molar-refractivity contribution is 0.244. The van der Waals surface area contributed by atoms with Crippen LogP contribution in [0.15, 0.2) is 35.4 Å². The van der Waals surface area contributed by atoms with Gasteiger partial charge in [0.05, 0.1) is 11.7 Å². The highest BCUT2D eigenvalue weighted by atomic mass is 16.1. The summed E-state index contributed by atoms with van der Waals surface area (Å²) in [6, 6.07) is 5.93. The largest absolute Gasteiger partial charge is 0.311 e. The lowest BCUT2D eigenvalue weighted by Crippen LogP contribution is -2.25. The first-order chi connectivity index (χ1) is 9.72. The van der Waals surface area contributed by atoms with Crippen molar-refractivity contribution in [2.45, 2.75) is 32.4 Å². The third-order valence-corrected chi connectivity index (χ3v) is 3.72. The van der Waals surface area contributed by atoms with Crippen LogP contribution in [-0.2, 0) is 6.54 Å². The van der Waals surface area contributed by atoms with Crippen LogP contribution in [0.25, 0.3) is 0 Å². The summed E-state index contributed by atoms with van der Waals surface area (Å²) < 4.78 is 0. The molecular formula is C15H18N4O. The van der Waals surface area contributed by atoms with Gasteiger partial charge >= 0.3 is 0 Å². The predicted molar refractivity (Wildman–Crippen MR) is 76.2 cm³/mol. The normalized spacial score (nSPS) is 19.4. The molecule has 1 atom stereocenters. The predicted octanol–water partition coefficient (Wildman–Crippen LogP) is 1.81. The van der Waals surface area contributed by atoms with E-state index in [1.54, 1.807) is 6.07 Å². The fourth-order valence-corrected chi connectivity index (χ4v) is 2.85. The average Bonchev–Trinajstić information content (AvgIpc) is 2.87. The second-order valence-electron chi connectivity index (χ2n) is 5.24. The molecule has 0 aliphatic carbocycles. The molecule has 1 aliphatic heterocycles. The number of hydrogen-bond acceptors (Lipinski definition) is 4. The fraction of sp³-hybridized carbons (Fsp3) is 0.400.